The van der Waals surface area contributed by atoms with Crippen LogP contribution in [-0.4, -0.2) is 5.60 Å². The Kier molecular flexibility index (Phi) is 2.04. The molecule has 2 saturated carbocycles. The Bertz CT molecular complexity index is 352. The minimum atomic E-state index is 0.210. The van der Waals surface area contributed by atoms with Crippen molar-refractivity contribution in [3.63, 3.8) is 0 Å². The molecule has 3 rings (SSSR count). The Labute approximate surface area is 99.3 Å². The highest BCUT2D eigenvalue weighted by Crippen LogP contribution is 2.69. The van der Waals surface area contributed by atoms with Gasteiger partial charge in [-0.05, 0) is 57.4 Å². The molecule has 2 aliphatic carbocycles. The standard InChI is InChI=1S/C15H24O/c1-10(2)13-12-7-9-15(16-13)8-5-6-11(3)14(12,15)4/h11-12H,5-9H2,1-4H3/t11-,12-,14-,15-/m0/s1. The third-order valence-electron chi connectivity index (χ3n) is 5.90. The molecular weight excluding hydrogens is 196 g/mol. The van der Waals surface area contributed by atoms with Gasteiger partial charge in [0, 0.05) is 11.3 Å². The fourth-order valence-electron chi connectivity index (χ4n) is 4.79. The lowest BCUT2D eigenvalue weighted by Crippen LogP contribution is -2.48. The molecular formula is C15H24O. The van der Waals surface area contributed by atoms with Crippen LogP contribution in [0.3, 0.4) is 0 Å². The van der Waals surface area contributed by atoms with Gasteiger partial charge in [0.25, 0.3) is 0 Å². The van der Waals surface area contributed by atoms with Gasteiger partial charge in [0.15, 0.2) is 0 Å². The van der Waals surface area contributed by atoms with Gasteiger partial charge in [-0.1, -0.05) is 13.8 Å². The van der Waals surface area contributed by atoms with Crippen LogP contribution in [0.4, 0.5) is 0 Å². The third kappa shape index (κ3) is 0.983. The molecule has 0 aromatic heterocycles. The predicted molar refractivity (Wildman–Crippen MR) is 66.0 cm³/mol. The quantitative estimate of drug-likeness (QED) is 0.592. The van der Waals surface area contributed by atoms with Crippen molar-refractivity contribution in [3.05, 3.63) is 11.3 Å². The van der Waals surface area contributed by atoms with Crippen molar-refractivity contribution >= 4 is 0 Å². The molecule has 0 amide bonds. The van der Waals surface area contributed by atoms with Gasteiger partial charge < -0.3 is 4.74 Å². The number of allylic oxidation sites excluding steroid dienone is 2. The van der Waals surface area contributed by atoms with Crippen LogP contribution in [0.15, 0.2) is 11.3 Å². The highest BCUT2D eigenvalue weighted by molar-refractivity contribution is 5.28. The van der Waals surface area contributed by atoms with Crippen LogP contribution in [-0.2, 0) is 4.74 Å². The van der Waals surface area contributed by atoms with E-state index in [-0.39, 0.29) is 5.60 Å². The lowest BCUT2D eigenvalue weighted by molar-refractivity contribution is -0.0839. The van der Waals surface area contributed by atoms with E-state index in [1.54, 1.807) is 0 Å². The van der Waals surface area contributed by atoms with Crippen molar-refractivity contribution in [3.8, 4) is 0 Å². The molecule has 0 spiro atoms. The van der Waals surface area contributed by atoms with E-state index < -0.39 is 0 Å². The first kappa shape index (κ1) is 10.7. The van der Waals surface area contributed by atoms with Crippen LogP contribution in [0.5, 0.6) is 0 Å². The van der Waals surface area contributed by atoms with E-state index in [0.29, 0.717) is 11.3 Å². The molecule has 1 nitrogen and oxygen atoms in total. The van der Waals surface area contributed by atoms with Crippen molar-refractivity contribution in [1.29, 1.82) is 0 Å². The van der Waals surface area contributed by atoms with Gasteiger partial charge in [0.05, 0.1) is 5.76 Å². The molecule has 1 aliphatic heterocycles. The van der Waals surface area contributed by atoms with Crippen LogP contribution < -0.4 is 0 Å². The molecule has 3 fully saturated rings. The predicted octanol–water partition coefficient (Wildman–Crippen LogP) is 4.29. The molecule has 0 aromatic carbocycles. The molecule has 0 unspecified atom stereocenters. The molecule has 2 bridgehead atoms. The summed E-state index contributed by atoms with van der Waals surface area (Å²) in [6.07, 6.45) is 6.71. The van der Waals surface area contributed by atoms with E-state index in [1.807, 2.05) is 0 Å². The molecule has 1 saturated heterocycles. The molecule has 0 aromatic rings. The van der Waals surface area contributed by atoms with Gasteiger partial charge in [-0.3, -0.25) is 0 Å². The van der Waals surface area contributed by atoms with Crippen molar-refractivity contribution in [2.45, 2.75) is 65.4 Å². The highest BCUT2D eigenvalue weighted by atomic mass is 16.5. The van der Waals surface area contributed by atoms with Crippen molar-refractivity contribution in [2.24, 2.45) is 17.3 Å². The Hall–Kier alpha value is -0.460. The number of hydrogen-bond donors (Lipinski definition) is 0. The van der Waals surface area contributed by atoms with E-state index in [1.165, 1.54) is 43.4 Å². The van der Waals surface area contributed by atoms with Crippen LogP contribution in [0.25, 0.3) is 0 Å². The first-order valence-electron chi connectivity index (χ1n) is 6.88. The van der Waals surface area contributed by atoms with Gasteiger partial charge in [-0.25, -0.2) is 0 Å². The lowest BCUT2D eigenvalue weighted by atomic mass is 9.59. The molecule has 90 valence electrons. The average Bonchev–Trinajstić information content (AvgIpc) is 2.67. The Morgan fingerprint density at radius 3 is 2.62 bits per heavy atom. The van der Waals surface area contributed by atoms with E-state index in [0.717, 1.165) is 5.92 Å². The number of rotatable bonds is 0. The summed E-state index contributed by atoms with van der Waals surface area (Å²) in [5.41, 5.74) is 2.05. The summed E-state index contributed by atoms with van der Waals surface area (Å²) < 4.78 is 6.47. The summed E-state index contributed by atoms with van der Waals surface area (Å²) in [6, 6.07) is 0. The minimum Gasteiger partial charge on any atom is -0.491 e. The van der Waals surface area contributed by atoms with Gasteiger partial charge in [-0.15, -0.1) is 0 Å². The number of hydrogen-bond acceptors (Lipinski definition) is 1. The molecule has 0 radical (unpaired) electrons. The average molecular weight is 220 g/mol. The fourth-order valence-corrected chi connectivity index (χ4v) is 4.79. The summed E-state index contributed by atoms with van der Waals surface area (Å²) in [5, 5.41) is 0. The summed E-state index contributed by atoms with van der Waals surface area (Å²) >= 11 is 0. The maximum Gasteiger partial charge on any atom is 0.115 e. The van der Waals surface area contributed by atoms with Crippen LogP contribution in [0, 0.1) is 17.3 Å². The Morgan fingerprint density at radius 1 is 1.25 bits per heavy atom. The van der Waals surface area contributed by atoms with Crippen LogP contribution in [0.2, 0.25) is 0 Å². The second-order valence-electron chi connectivity index (χ2n) is 6.63. The molecule has 4 atom stereocenters. The topological polar surface area (TPSA) is 9.23 Å². The minimum absolute atomic E-state index is 0.210. The Balaban J connectivity index is 2.11. The molecule has 16 heavy (non-hydrogen) atoms. The lowest BCUT2D eigenvalue weighted by Gasteiger charge is -2.47. The van der Waals surface area contributed by atoms with Crippen molar-refractivity contribution < 1.29 is 4.74 Å². The number of ether oxygens (including phenoxy) is 1. The highest BCUT2D eigenvalue weighted by Gasteiger charge is 2.68. The molecule has 3 aliphatic rings. The Morgan fingerprint density at radius 2 is 2.00 bits per heavy atom. The van der Waals surface area contributed by atoms with Gasteiger partial charge in [-0.2, -0.15) is 0 Å². The molecule has 0 N–H and O–H groups in total. The van der Waals surface area contributed by atoms with E-state index >= 15 is 0 Å². The van der Waals surface area contributed by atoms with Gasteiger partial charge in [0.2, 0.25) is 0 Å². The van der Waals surface area contributed by atoms with Crippen molar-refractivity contribution in [2.75, 3.05) is 0 Å². The summed E-state index contributed by atoms with van der Waals surface area (Å²) in [6.45, 7) is 9.38. The third-order valence-corrected chi connectivity index (χ3v) is 5.90. The molecule has 1 heteroatoms. The van der Waals surface area contributed by atoms with Gasteiger partial charge >= 0.3 is 0 Å². The summed E-state index contributed by atoms with van der Waals surface area (Å²) in [5.74, 6) is 2.89. The second-order valence-corrected chi connectivity index (χ2v) is 6.63. The largest absolute Gasteiger partial charge is 0.491 e. The monoisotopic (exact) mass is 220 g/mol. The summed E-state index contributed by atoms with van der Waals surface area (Å²) in [7, 11) is 0. The fraction of sp³-hybridized carbons (Fsp3) is 0.867. The van der Waals surface area contributed by atoms with E-state index in [4.69, 9.17) is 4.74 Å². The zero-order valence-electron chi connectivity index (χ0n) is 11.1. The maximum absolute atomic E-state index is 6.47. The first-order valence-corrected chi connectivity index (χ1v) is 6.88. The van der Waals surface area contributed by atoms with Gasteiger partial charge in [0.1, 0.15) is 5.60 Å². The van der Waals surface area contributed by atoms with Crippen LogP contribution >= 0.6 is 0 Å². The maximum atomic E-state index is 6.47. The molecule has 1 heterocycles. The first-order chi connectivity index (χ1) is 7.51. The van der Waals surface area contributed by atoms with Crippen LogP contribution in [0.1, 0.15) is 59.8 Å². The zero-order chi connectivity index (χ0) is 11.6. The van der Waals surface area contributed by atoms with Crippen molar-refractivity contribution in [1.82, 2.24) is 0 Å². The summed E-state index contributed by atoms with van der Waals surface area (Å²) in [4.78, 5) is 0. The second kappa shape index (κ2) is 3.05. The smallest absolute Gasteiger partial charge is 0.115 e. The van der Waals surface area contributed by atoms with E-state index in [9.17, 15) is 0 Å². The normalized spacial score (nSPS) is 50.1. The van der Waals surface area contributed by atoms with E-state index in [2.05, 4.69) is 27.7 Å². The zero-order valence-corrected chi connectivity index (χ0v) is 11.1. The SMILES string of the molecule is CC(C)=C1O[C@]23CCC[C@H](C)[C@@]2(C)[C@H]1CC3.